The van der Waals surface area contributed by atoms with Crippen molar-refractivity contribution in [3.8, 4) is 0 Å². The van der Waals surface area contributed by atoms with Gasteiger partial charge in [0.2, 0.25) is 0 Å². The molecule has 1 aliphatic rings. The summed E-state index contributed by atoms with van der Waals surface area (Å²) in [6.45, 7) is 8.35. The van der Waals surface area contributed by atoms with Crippen molar-refractivity contribution in [1.29, 1.82) is 0 Å². The third kappa shape index (κ3) is 3.68. The van der Waals surface area contributed by atoms with Crippen LogP contribution in [0.25, 0.3) is 0 Å². The van der Waals surface area contributed by atoms with Crippen molar-refractivity contribution >= 4 is 17.4 Å². The Kier molecular flexibility index (Phi) is 4.57. The molecule has 1 saturated heterocycles. The van der Waals surface area contributed by atoms with Gasteiger partial charge in [-0.2, -0.15) is 0 Å². The van der Waals surface area contributed by atoms with E-state index in [4.69, 9.17) is 4.52 Å². The number of anilines is 2. The predicted molar refractivity (Wildman–Crippen MR) is 86.8 cm³/mol. The molecule has 0 aromatic carbocycles. The fraction of sp³-hybridized carbons (Fsp3) is 0.438. The molecule has 0 radical (unpaired) electrons. The van der Waals surface area contributed by atoms with Crippen LogP contribution in [0.5, 0.6) is 0 Å². The quantitative estimate of drug-likeness (QED) is 0.929. The van der Waals surface area contributed by atoms with Crippen LogP contribution in [0.4, 0.5) is 11.5 Å². The lowest BCUT2D eigenvalue weighted by Crippen LogP contribution is -2.48. The Morgan fingerprint density at radius 3 is 2.70 bits per heavy atom. The molecular formula is C16H21N5O2. The molecule has 0 saturated carbocycles. The van der Waals surface area contributed by atoms with Gasteiger partial charge in [0.15, 0.2) is 5.82 Å². The number of likely N-dealkylation sites (N-methyl/N-ethyl adjacent to an activating group) is 1. The molecule has 23 heavy (non-hydrogen) atoms. The number of carbonyl (C=O) groups excluding carboxylic acids is 1. The van der Waals surface area contributed by atoms with Crippen LogP contribution in [0.2, 0.25) is 0 Å². The second-order valence-corrected chi connectivity index (χ2v) is 5.64. The van der Waals surface area contributed by atoms with Crippen molar-refractivity contribution in [3.63, 3.8) is 0 Å². The zero-order chi connectivity index (χ0) is 16.2. The van der Waals surface area contributed by atoms with Crippen LogP contribution in [0.15, 0.2) is 29.0 Å². The first-order valence-electron chi connectivity index (χ1n) is 7.82. The highest BCUT2D eigenvalue weighted by molar-refractivity contribution is 5.95. The maximum Gasteiger partial charge on any atom is 0.255 e. The number of pyridine rings is 1. The van der Waals surface area contributed by atoms with Crippen LogP contribution < -0.4 is 5.32 Å². The first kappa shape index (κ1) is 15.5. The lowest BCUT2D eigenvalue weighted by molar-refractivity contribution is 0.0643. The van der Waals surface area contributed by atoms with Crippen LogP contribution in [0, 0.1) is 6.92 Å². The molecule has 1 N–H and O–H groups in total. The van der Waals surface area contributed by atoms with Gasteiger partial charge in [-0.15, -0.1) is 0 Å². The minimum absolute atomic E-state index is 0.0215. The zero-order valence-electron chi connectivity index (χ0n) is 13.5. The van der Waals surface area contributed by atoms with Gasteiger partial charge < -0.3 is 19.6 Å². The first-order valence-corrected chi connectivity index (χ1v) is 7.82. The van der Waals surface area contributed by atoms with E-state index in [0.29, 0.717) is 11.4 Å². The summed E-state index contributed by atoms with van der Waals surface area (Å²) in [5.74, 6) is 1.35. The summed E-state index contributed by atoms with van der Waals surface area (Å²) in [7, 11) is 0. The SMILES string of the molecule is CCN1CCN(C(=O)c2cncc(Nc3cc(C)on3)c2)CC1. The number of hydrogen-bond donors (Lipinski definition) is 1. The lowest BCUT2D eigenvalue weighted by atomic mass is 10.2. The zero-order valence-corrected chi connectivity index (χ0v) is 13.5. The Morgan fingerprint density at radius 1 is 1.26 bits per heavy atom. The standard InChI is InChI=1S/C16H21N5O2/c1-3-20-4-6-21(7-5-20)16(22)13-9-14(11-17-10-13)18-15-8-12(2)23-19-15/h8-11H,3-7H2,1-2H3,(H,18,19). The predicted octanol–water partition coefficient (Wildman–Crippen LogP) is 1.90. The van der Waals surface area contributed by atoms with Gasteiger partial charge in [-0.1, -0.05) is 12.1 Å². The van der Waals surface area contributed by atoms with Gasteiger partial charge in [-0.25, -0.2) is 0 Å². The molecule has 1 fully saturated rings. The molecule has 1 aliphatic heterocycles. The van der Waals surface area contributed by atoms with E-state index in [2.05, 4.69) is 27.3 Å². The molecule has 0 bridgehead atoms. The monoisotopic (exact) mass is 315 g/mol. The molecule has 3 rings (SSSR count). The van der Waals surface area contributed by atoms with E-state index in [1.165, 1.54) is 0 Å². The molecule has 2 aromatic heterocycles. The van der Waals surface area contributed by atoms with Crippen molar-refractivity contribution < 1.29 is 9.32 Å². The number of hydrogen-bond acceptors (Lipinski definition) is 6. The minimum Gasteiger partial charge on any atom is -0.360 e. The summed E-state index contributed by atoms with van der Waals surface area (Å²) < 4.78 is 5.02. The van der Waals surface area contributed by atoms with Gasteiger partial charge in [0, 0.05) is 38.4 Å². The first-order chi connectivity index (χ1) is 11.2. The molecule has 0 unspecified atom stereocenters. The van der Waals surface area contributed by atoms with Gasteiger partial charge in [-0.3, -0.25) is 9.78 Å². The van der Waals surface area contributed by atoms with Crippen LogP contribution in [-0.2, 0) is 0 Å². The van der Waals surface area contributed by atoms with E-state index in [9.17, 15) is 4.79 Å². The average Bonchev–Trinajstić information content (AvgIpc) is 2.99. The Morgan fingerprint density at radius 2 is 2.04 bits per heavy atom. The average molecular weight is 315 g/mol. The van der Waals surface area contributed by atoms with E-state index < -0.39 is 0 Å². The molecular weight excluding hydrogens is 294 g/mol. The van der Waals surface area contributed by atoms with Gasteiger partial charge in [0.25, 0.3) is 5.91 Å². The number of piperazine rings is 1. The van der Waals surface area contributed by atoms with E-state index in [-0.39, 0.29) is 5.91 Å². The van der Waals surface area contributed by atoms with Crippen LogP contribution in [0.1, 0.15) is 23.0 Å². The van der Waals surface area contributed by atoms with Gasteiger partial charge >= 0.3 is 0 Å². The number of rotatable bonds is 4. The largest absolute Gasteiger partial charge is 0.360 e. The van der Waals surface area contributed by atoms with E-state index in [0.717, 1.165) is 44.2 Å². The number of nitrogens with zero attached hydrogens (tertiary/aromatic N) is 4. The van der Waals surface area contributed by atoms with Crippen molar-refractivity contribution in [2.45, 2.75) is 13.8 Å². The lowest BCUT2D eigenvalue weighted by Gasteiger charge is -2.34. The summed E-state index contributed by atoms with van der Waals surface area (Å²) in [5, 5.41) is 6.97. The smallest absolute Gasteiger partial charge is 0.255 e. The highest BCUT2D eigenvalue weighted by Gasteiger charge is 2.21. The summed E-state index contributed by atoms with van der Waals surface area (Å²) in [5.41, 5.74) is 1.30. The van der Waals surface area contributed by atoms with Gasteiger partial charge in [0.05, 0.1) is 17.4 Å². The second-order valence-electron chi connectivity index (χ2n) is 5.64. The van der Waals surface area contributed by atoms with Crippen LogP contribution >= 0.6 is 0 Å². The van der Waals surface area contributed by atoms with Crippen molar-refractivity contribution in [1.82, 2.24) is 19.9 Å². The third-order valence-electron chi connectivity index (χ3n) is 3.99. The van der Waals surface area contributed by atoms with Crippen molar-refractivity contribution in [2.24, 2.45) is 0 Å². The number of carbonyl (C=O) groups is 1. The number of amides is 1. The molecule has 0 spiro atoms. The molecule has 7 heteroatoms. The molecule has 0 aliphatic carbocycles. The summed E-state index contributed by atoms with van der Waals surface area (Å²) >= 11 is 0. The Bertz CT molecular complexity index is 677. The Labute approximate surface area is 135 Å². The number of nitrogens with one attached hydrogen (secondary N) is 1. The molecule has 7 nitrogen and oxygen atoms in total. The normalized spacial score (nSPS) is 15.7. The van der Waals surface area contributed by atoms with E-state index in [1.54, 1.807) is 24.5 Å². The van der Waals surface area contributed by atoms with Crippen LogP contribution in [-0.4, -0.2) is 58.6 Å². The van der Waals surface area contributed by atoms with Crippen molar-refractivity contribution in [3.05, 3.63) is 35.9 Å². The summed E-state index contributed by atoms with van der Waals surface area (Å²) in [6.07, 6.45) is 3.27. The van der Waals surface area contributed by atoms with Crippen LogP contribution in [0.3, 0.4) is 0 Å². The summed E-state index contributed by atoms with van der Waals surface area (Å²) in [6, 6.07) is 3.59. The molecule has 1 amide bonds. The Balaban J connectivity index is 1.68. The highest BCUT2D eigenvalue weighted by atomic mass is 16.5. The fourth-order valence-corrected chi connectivity index (χ4v) is 2.65. The minimum atomic E-state index is 0.0215. The number of aromatic nitrogens is 2. The van der Waals surface area contributed by atoms with Gasteiger partial charge in [0.1, 0.15) is 5.76 Å². The fourth-order valence-electron chi connectivity index (χ4n) is 2.65. The molecule has 2 aromatic rings. The second kappa shape index (κ2) is 6.78. The maximum absolute atomic E-state index is 12.6. The van der Waals surface area contributed by atoms with Gasteiger partial charge in [-0.05, 0) is 19.5 Å². The summed E-state index contributed by atoms with van der Waals surface area (Å²) in [4.78, 5) is 21.0. The highest BCUT2D eigenvalue weighted by Crippen LogP contribution is 2.17. The molecule has 0 atom stereocenters. The maximum atomic E-state index is 12.6. The number of aryl methyl sites for hydroxylation is 1. The third-order valence-corrected chi connectivity index (χ3v) is 3.99. The van der Waals surface area contributed by atoms with E-state index >= 15 is 0 Å². The molecule has 122 valence electrons. The van der Waals surface area contributed by atoms with E-state index in [1.807, 2.05) is 11.8 Å². The van der Waals surface area contributed by atoms with Crippen molar-refractivity contribution in [2.75, 3.05) is 38.0 Å². The molecule has 3 heterocycles. The Hall–Kier alpha value is -2.41. The topological polar surface area (TPSA) is 74.5 Å².